The van der Waals surface area contributed by atoms with Crippen molar-refractivity contribution in [1.29, 1.82) is 0 Å². The maximum atomic E-state index is 12.5. The lowest BCUT2D eigenvalue weighted by Gasteiger charge is -2.31. The topological polar surface area (TPSA) is 70.5 Å². The lowest BCUT2D eigenvalue weighted by molar-refractivity contribution is -0.122. The molecule has 0 radical (unpaired) electrons. The Balaban J connectivity index is 1.38. The number of nitrogens with one attached hydrogen (secondary N) is 1. The number of aromatic nitrogens is 2. The van der Waals surface area contributed by atoms with Crippen molar-refractivity contribution in [2.45, 2.75) is 45.3 Å². The van der Waals surface area contributed by atoms with Crippen LogP contribution in [0.1, 0.15) is 37.2 Å². The quantitative estimate of drug-likeness (QED) is 0.902. The standard InChI is InChI=1S/C16H23N5O2/c22-15(12-3-4-12)18-10-13-9-17-14-11-20(7-8-21(13)14)16(23)19-5-1-2-6-19/h9,12H,1-8,10-11H2,(H,18,22). The van der Waals surface area contributed by atoms with Crippen molar-refractivity contribution in [3.05, 3.63) is 17.7 Å². The van der Waals surface area contributed by atoms with Crippen molar-refractivity contribution in [3.63, 3.8) is 0 Å². The molecule has 7 nitrogen and oxygen atoms in total. The Morgan fingerprint density at radius 2 is 1.91 bits per heavy atom. The van der Waals surface area contributed by atoms with E-state index in [2.05, 4.69) is 14.9 Å². The number of likely N-dealkylation sites (tertiary alicyclic amines) is 1. The highest BCUT2D eigenvalue weighted by Gasteiger charge is 2.30. The Bertz CT molecular complexity index is 616. The van der Waals surface area contributed by atoms with Crippen LogP contribution in [0.2, 0.25) is 0 Å². The van der Waals surface area contributed by atoms with E-state index in [-0.39, 0.29) is 17.9 Å². The summed E-state index contributed by atoms with van der Waals surface area (Å²) in [7, 11) is 0. The van der Waals surface area contributed by atoms with Crippen LogP contribution >= 0.6 is 0 Å². The highest BCUT2D eigenvalue weighted by atomic mass is 16.2. The van der Waals surface area contributed by atoms with Crippen molar-refractivity contribution in [2.24, 2.45) is 5.92 Å². The molecule has 1 saturated carbocycles. The van der Waals surface area contributed by atoms with Gasteiger partial charge in [-0.05, 0) is 25.7 Å². The highest BCUT2D eigenvalue weighted by Crippen LogP contribution is 2.28. The van der Waals surface area contributed by atoms with Crippen molar-refractivity contribution in [2.75, 3.05) is 19.6 Å². The fraction of sp³-hybridized carbons (Fsp3) is 0.688. The molecule has 0 atom stereocenters. The molecule has 3 aliphatic rings. The van der Waals surface area contributed by atoms with E-state index >= 15 is 0 Å². The molecule has 1 aliphatic carbocycles. The molecule has 2 aliphatic heterocycles. The number of hydrogen-bond donors (Lipinski definition) is 1. The average Bonchev–Trinajstić information content (AvgIpc) is 3.13. The second kappa shape index (κ2) is 5.86. The smallest absolute Gasteiger partial charge is 0.320 e. The van der Waals surface area contributed by atoms with E-state index in [1.54, 1.807) is 0 Å². The number of carbonyl (C=O) groups excluding carboxylic acids is 2. The number of imidazole rings is 1. The first-order chi connectivity index (χ1) is 11.2. The zero-order valence-electron chi connectivity index (χ0n) is 13.3. The first-order valence-corrected chi connectivity index (χ1v) is 8.57. The molecular formula is C16H23N5O2. The maximum Gasteiger partial charge on any atom is 0.320 e. The predicted molar refractivity (Wildman–Crippen MR) is 83.4 cm³/mol. The van der Waals surface area contributed by atoms with E-state index < -0.39 is 0 Å². The molecule has 1 N–H and O–H groups in total. The van der Waals surface area contributed by atoms with Gasteiger partial charge in [0, 0.05) is 32.1 Å². The number of rotatable bonds is 3. The van der Waals surface area contributed by atoms with Crippen LogP contribution < -0.4 is 5.32 Å². The van der Waals surface area contributed by atoms with Crippen molar-refractivity contribution >= 4 is 11.9 Å². The summed E-state index contributed by atoms with van der Waals surface area (Å²) in [4.78, 5) is 32.5. The van der Waals surface area contributed by atoms with E-state index in [1.165, 1.54) is 0 Å². The van der Waals surface area contributed by atoms with Crippen LogP contribution in [0.15, 0.2) is 6.20 Å². The fourth-order valence-corrected chi connectivity index (χ4v) is 3.40. The molecule has 3 amide bonds. The SMILES string of the molecule is O=C(NCc1cnc2n1CCN(C(=O)N1CCCC1)C2)C1CC1. The van der Waals surface area contributed by atoms with Crippen LogP contribution in [0.5, 0.6) is 0 Å². The van der Waals surface area contributed by atoms with Crippen molar-refractivity contribution in [1.82, 2.24) is 24.7 Å². The van der Waals surface area contributed by atoms with E-state index in [0.29, 0.717) is 19.6 Å². The summed E-state index contributed by atoms with van der Waals surface area (Å²) in [5, 5.41) is 2.99. The summed E-state index contributed by atoms with van der Waals surface area (Å²) in [6.45, 7) is 4.31. The molecule has 0 spiro atoms. The largest absolute Gasteiger partial charge is 0.350 e. The third kappa shape index (κ3) is 2.92. The predicted octanol–water partition coefficient (Wildman–Crippen LogP) is 0.941. The molecule has 1 aromatic rings. The zero-order chi connectivity index (χ0) is 15.8. The summed E-state index contributed by atoms with van der Waals surface area (Å²) in [6, 6.07) is 0.139. The van der Waals surface area contributed by atoms with Crippen molar-refractivity contribution < 1.29 is 9.59 Å². The molecular weight excluding hydrogens is 294 g/mol. The van der Waals surface area contributed by atoms with Gasteiger partial charge in [-0.3, -0.25) is 4.79 Å². The van der Waals surface area contributed by atoms with E-state index in [4.69, 9.17) is 0 Å². The number of urea groups is 1. The molecule has 124 valence electrons. The van der Waals surface area contributed by atoms with Gasteiger partial charge < -0.3 is 19.7 Å². The Labute approximate surface area is 135 Å². The van der Waals surface area contributed by atoms with Crippen LogP contribution in [0.4, 0.5) is 4.79 Å². The Kier molecular flexibility index (Phi) is 3.71. The van der Waals surface area contributed by atoms with Gasteiger partial charge in [0.2, 0.25) is 5.91 Å². The summed E-state index contributed by atoms with van der Waals surface area (Å²) in [5.74, 6) is 1.30. The first kappa shape index (κ1) is 14.5. The molecule has 0 bridgehead atoms. The summed E-state index contributed by atoms with van der Waals surface area (Å²) >= 11 is 0. The number of nitrogens with zero attached hydrogens (tertiary/aromatic N) is 4. The lowest BCUT2D eigenvalue weighted by Crippen LogP contribution is -2.45. The van der Waals surface area contributed by atoms with E-state index in [0.717, 1.165) is 56.8 Å². The summed E-state index contributed by atoms with van der Waals surface area (Å²) in [5.41, 5.74) is 1.03. The molecule has 0 aromatic carbocycles. The van der Waals surface area contributed by atoms with Gasteiger partial charge in [-0.15, -0.1) is 0 Å². The fourth-order valence-electron chi connectivity index (χ4n) is 3.40. The zero-order valence-corrected chi connectivity index (χ0v) is 13.3. The van der Waals surface area contributed by atoms with Crippen LogP contribution in [0, 0.1) is 5.92 Å². The molecule has 2 fully saturated rings. The van der Waals surface area contributed by atoms with Crippen molar-refractivity contribution in [3.8, 4) is 0 Å². The van der Waals surface area contributed by atoms with Gasteiger partial charge in [0.15, 0.2) is 0 Å². The highest BCUT2D eigenvalue weighted by molar-refractivity contribution is 5.80. The van der Waals surface area contributed by atoms with E-state index in [1.807, 2.05) is 16.0 Å². The molecule has 23 heavy (non-hydrogen) atoms. The minimum atomic E-state index is 0.139. The minimum absolute atomic E-state index is 0.139. The second-order valence-corrected chi connectivity index (χ2v) is 6.71. The van der Waals surface area contributed by atoms with E-state index in [9.17, 15) is 9.59 Å². The molecule has 4 rings (SSSR count). The molecule has 7 heteroatoms. The van der Waals surface area contributed by atoms with Crippen LogP contribution in [0.3, 0.4) is 0 Å². The Morgan fingerprint density at radius 3 is 2.65 bits per heavy atom. The second-order valence-electron chi connectivity index (χ2n) is 6.71. The molecule has 1 saturated heterocycles. The normalized spacial score (nSPS) is 20.5. The first-order valence-electron chi connectivity index (χ1n) is 8.57. The minimum Gasteiger partial charge on any atom is -0.350 e. The Morgan fingerprint density at radius 1 is 1.13 bits per heavy atom. The average molecular weight is 317 g/mol. The van der Waals surface area contributed by atoms with Crippen LogP contribution in [-0.2, 0) is 24.4 Å². The van der Waals surface area contributed by atoms with Crippen LogP contribution in [-0.4, -0.2) is 50.9 Å². The molecule has 1 aromatic heterocycles. The third-order valence-electron chi connectivity index (χ3n) is 4.99. The van der Waals surface area contributed by atoms with Gasteiger partial charge in [-0.25, -0.2) is 9.78 Å². The molecule has 3 heterocycles. The maximum absolute atomic E-state index is 12.5. The Hall–Kier alpha value is -2.05. The summed E-state index contributed by atoms with van der Waals surface area (Å²) in [6.07, 6.45) is 6.08. The van der Waals surface area contributed by atoms with Gasteiger partial charge in [0.25, 0.3) is 0 Å². The summed E-state index contributed by atoms with van der Waals surface area (Å²) < 4.78 is 2.14. The van der Waals surface area contributed by atoms with Gasteiger partial charge >= 0.3 is 6.03 Å². The molecule has 0 unspecified atom stereocenters. The van der Waals surface area contributed by atoms with Gasteiger partial charge in [0.05, 0.1) is 25.0 Å². The van der Waals surface area contributed by atoms with Gasteiger partial charge in [-0.2, -0.15) is 0 Å². The third-order valence-corrected chi connectivity index (χ3v) is 4.99. The monoisotopic (exact) mass is 317 g/mol. The number of amides is 3. The van der Waals surface area contributed by atoms with Crippen LogP contribution in [0.25, 0.3) is 0 Å². The number of hydrogen-bond acceptors (Lipinski definition) is 3. The number of carbonyl (C=O) groups is 2. The van der Waals surface area contributed by atoms with Gasteiger partial charge in [-0.1, -0.05) is 0 Å². The number of fused-ring (bicyclic) bond motifs is 1. The lowest BCUT2D eigenvalue weighted by atomic mass is 10.3. The van der Waals surface area contributed by atoms with Gasteiger partial charge in [0.1, 0.15) is 5.82 Å².